The summed E-state index contributed by atoms with van der Waals surface area (Å²) in [6.07, 6.45) is 2.47. The van der Waals surface area contributed by atoms with Crippen molar-refractivity contribution >= 4 is 45.4 Å². The number of carbonyl (C=O) groups excluding carboxylic acids is 2. The van der Waals surface area contributed by atoms with Crippen LogP contribution in [0.1, 0.15) is 31.3 Å². The van der Waals surface area contributed by atoms with E-state index in [0.29, 0.717) is 29.1 Å². The highest BCUT2D eigenvalue weighted by Crippen LogP contribution is 2.42. The van der Waals surface area contributed by atoms with Crippen LogP contribution in [0.5, 0.6) is 0 Å². The third-order valence-corrected chi connectivity index (χ3v) is 8.83. The first-order valence-corrected chi connectivity index (χ1v) is 14.4. The Bertz CT molecular complexity index is 1990. The van der Waals surface area contributed by atoms with Crippen LogP contribution in [0.2, 0.25) is 0 Å². The van der Waals surface area contributed by atoms with E-state index in [-0.39, 0.29) is 17.5 Å². The van der Waals surface area contributed by atoms with Gasteiger partial charge >= 0.3 is 0 Å². The van der Waals surface area contributed by atoms with Crippen LogP contribution >= 0.6 is 11.3 Å². The number of aryl methyl sites for hydroxylation is 1. The molecule has 1 aliphatic rings. The fraction of sp³-hybridized carbons (Fsp3) is 0.0882. The largest absolute Gasteiger partial charge is 0.360 e. The van der Waals surface area contributed by atoms with Crippen LogP contribution in [-0.2, 0) is 6.42 Å². The minimum absolute atomic E-state index is 0.186. The fourth-order valence-electron chi connectivity index (χ4n) is 5.51. The van der Waals surface area contributed by atoms with Gasteiger partial charge in [0.25, 0.3) is 11.8 Å². The van der Waals surface area contributed by atoms with E-state index < -0.39 is 5.82 Å². The van der Waals surface area contributed by atoms with Crippen molar-refractivity contribution in [3.63, 3.8) is 0 Å². The van der Waals surface area contributed by atoms with Crippen molar-refractivity contribution in [2.75, 3.05) is 16.8 Å². The average molecular weight is 573 g/mol. The zero-order valence-electron chi connectivity index (χ0n) is 22.6. The minimum atomic E-state index is -0.469. The van der Waals surface area contributed by atoms with Crippen molar-refractivity contribution in [3.8, 4) is 21.7 Å². The molecule has 4 heterocycles. The van der Waals surface area contributed by atoms with E-state index in [1.807, 2.05) is 72.9 Å². The minimum Gasteiger partial charge on any atom is -0.360 e. The van der Waals surface area contributed by atoms with Crippen LogP contribution in [0, 0.1) is 12.7 Å². The van der Waals surface area contributed by atoms with E-state index in [0.717, 1.165) is 43.9 Å². The lowest BCUT2D eigenvalue weighted by Gasteiger charge is -2.23. The van der Waals surface area contributed by atoms with Gasteiger partial charge in [0.2, 0.25) is 0 Å². The summed E-state index contributed by atoms with van der Waals surface area (Å²) in [4.78, 5) is 38.4. The van der Waals surface area contributed by atoms with Gasteiger partial charge in [-0.2, -0.15) is 0 Å². The Morgan fingerprint density at radius 1 is 0.952 bits per heavy atom. The lowest BCUT2D eigenvalue weighted by atomic mass is 10.1. The molecule has 3 aromatic heterocycles. The van der Waals surface area contributed by atoms with Crippen molar-refractivity contribution in [3.05, 3.63) is 125 Å². The average Bonchev–Trinajstić information content (AvgIpc) is 3.61. The van der Waals surface area contributed by atoms with E-state index in [2.05, 4.69) is 10.3 Å². The third kappa shape index (κ3) is 4.46. The van der Waals surface area contributed by atoms with Gasteiger partial charge in [-0.25, -0.2) is 9.37 Å². The molecule has 3 aromatic carbocycles. The molecule has 0 fully saturated rings. The molecule has 0 saturated heterocycles. The number of aromatic nitrogens is 2. The van der Waals surface area contributed by atoms with Crippen LogP contribution in [0.15, 0.2) is 97.2 Å². The number of pyridine rings is 1. The number of H-pyrrole nitrogens is 1. The van der Waals surface area contributed by atoms with E-state index in [4.69, 9.17) is 4.98 Å². The monoisotopic (exact) mass is 572 g/mol. The predicted molar refractivity (Wildman–Crippen MR) is 166 cm³/mol. The van der Waals surface area contributed by atoms with Crippen molar-refractivity contribution in [1.82, 2.24) is 9.97 Å². The number of thiophene rings is 1. The number of nitrogens with zero attached hydrogens (tertiary/aromatic N) is 2. The molecule has 6 nitrogen and oxygen atoms in total. The van der Waals surface area contributed by atoms with Gasteiger partial charge in [0.1, 0.15) is 11.5 Å². The maximum Gasteiger partial charge on any atom is 0.276 e. The number of benzene rings is 3. The van der Waals surface area contributed by atoms with Crippen molar-refractivity contribution < 1.29 is 14.0 Å². The Morgan fingerprint density at radius 3 is 2.64 bits per heavy atom. The number of para-hydroxylation sites is 3. The third-order valence-electron chi connectivity index (χ3n) is 7.62. The molecule has 0 atom stereocenters. The molecule has 2 amide bonds. The number of halogens is 1. The Kier molecular flexibility index (Phi) is 6.40. The number of carbonyl (C=O) groups is 2. The summed E-state index contributed by atoms with van der Waals surface area (Å²) in [6.45, 7) is 2.18. The summed E-state index contributed by atoms with van der Waals surface area (Å²) >= 11 is 1.35. The first-order chi connectivity index (χ1) is 20.5. The van der Waals surface area contributed by atoms with Gasteiger partial charge in [-0.15, -0.1) is 11.3 Å². The first kappa shape index (κ1) is 25.9. The van der Waals surface area contributed by atoms with E-state index in [9.17, 15) is 14.0 Å². The molecule has 0 bridgehead atoms. The van der Waals surface area contributed by atoms with E-state index >= 15 is 0 Å². The van der Waals surface area contributed by atoms with Gasteiger partial charge < -0.3 is 15.2 Å². The molecule has 7 rings (SSSR count). The summed E-state index contributed by atoms with van der Waals surface area (Å²) in [6, 6.07) is 27.8. The van der Waals surface area contributed by atoms with Gasteiger partial charge in [0, 0.05) is 39.6 Å². The quantitative estimate of drug-likeness (QED) is 0.226. The van der Waals surface area contributed by atoms with Crippen molar-refractivity contribution in [2.24, 2.45) is 0 Å². The van der Waals surface area contributed by atoms with E-state index in [1.165, 1.54) is 17.4 Å². The second-order valence-corrected chi connectivity index (χ2v) is 11.3. The zero-order valence-corrected chi connectivity index (χ0v) is 23.5. The molecule has 1 aliphatic heterocycles. The maximum absolute atomic E-state index is 14.4. The van der Waals surface area contributed by atoms with Gasteiger partial charge in [0.15, 0.2) is 0 Å². The Hall–Kier alpha value is -5.08. The van der Waals surface area contributed by atoms with Crippen LogP contribution in [0.3, 0.4) is 0 Å². The first-order valence-electron chi connectivity index (χ1n) is 13.6. The number of anilines is 2. The second-order valence-electron chi connectivity index (χ2n) is 10.2. The number of hydrogen-bond donors (Lipinski definition) is 2. The molecular formula is C34H25FN4O2S. The van der Waals surface area contributed by atoms with Crippen LogP contribution in [0.4, 0.5) is 15.8 Å². The van der Waals surface area contributed by atoms with Crippen molar-refractivity contribution in [1.29, 1.82) is 0 Å². The number of amides is 2. The SMILES string of the molecule is Cc1cccc(F)c1NC(=O)c1cc2c(s1)-c1ccccc1N(C(=O)c1cccc(-c3c[nH]c4ccccc34)n1)CC2. The lowest BCUT2D eigenvalue weighted by molar-refractivity contribution is 0.0981. The normalized spacial score (nSPS) is 12.5. The van der Waals surface area contributed by atoms with Crippen molar-refractivity contribution in [2.45, 2.75) is 13.3 Å². The number of nitrogens with one attached hydrogen (secondary N) is 2. The maximum atomic E-state index is 14.4. The topological polar surface area (TPSA) is 78.1 Å². The van der Waals surface area contributed by atoms with Crippen LogP contribution < -0.4 is 10.2 Å². The summed E-state index contributed by atoms with van der Waals surface area (Å²) in [5.41, 5.74) is 6.48. The molecule has 0 aliphatic carbocycles. The molecule has 2 N–H and O–H groups in total. The standard InChI is InChI=1S/C34H25FN4O2S/c1-20-8-6-11-25(35)31(20)38-33(40)30-18-21-16-17-39(29-15-5-3-10-23(29)32(21)42-30)34(41)28-14-7-13-27(37-28)24-19-36-26-12-4-2-9-22(24)26/h2-15,18-19,36H,16-17H2,1H3,(H,38,40). The highest BCUT2D eigenvalue weighted by atomic mass is 32.1. The Morgan fingerprint density at radius 2 is 1.76 bits per heavy atom. The molecule has 42 heavy (non-hydrogen) atoms. The predicted octanol–water partition coefficient (Wildman–Crippen LogP) is 7.86. The Labute approximate surface area is 245 Å². The van der Waals surface area contributed by atoms with Crippen LogP contribution in [0.25, 0.3) is 32.6 Å². The molecule has 0 radical (unpaired) electrons. The molecule has 0 saturated carbocycles. The summed E-state index contributed by atoms with van der Waals surface area (Å²) in [7, 11) is 0. The van der Waals surface area contributed by atoms with Crippen LogP contribution in [-0.4, -0.2) is 28.3 Å². The number of hydrogen-bond acceptors (Lipinski definition) is 4. The summed E-state index contributed by atoms with van der Waals surface area (Å²) in [5, 5.41) is 3.79. The molecule has 0 unspecified atom stereocenters. The Balaban J connectivity index is 1.21. The number of aromatic amines is 1. The lowest BCUT2D eigenvalue weighted by Crippen LogP contribution is -2.33. The van der Waals surface area contributed by atoms with Gasteiger partial charge in [-0.05, 0) is 60.9 Å². The molecular weight excluding hydrogens is 547 g/mol. The highest BCUT2D eigenvalue weighted by molar-refractivity contribution is 7.17. The number of rotatable bonds is 4. The fourth-order valence-corrected chi connectivity index (χ4v) is 6.65. The zero-order chi connectivity index (χ0) is 28.8. The van der Waals surface area contributed by atoms with E-state index in [1.54, 1.807) is 30.0 Å². The van der Waals surface area contributed by atoms with Gasteiger partial charge in [-0.1, -0.05) is 54.6 Å². The summed E-state index contributed by atoms with van der Waals surface area (Å²) in [5.74, 6) is -1.01. The molecule has 6 aromatic rings. The molecule has 206 valence electrons. The van der Waals surface area contributed by atoms with Gasteiger partial charge in [-0.3, -0.25) is 9.59 Å². The smallest absolute Gasteiger partial charge is 0.276 e. The highest BCUT2D eigenvalue weighted by Gasteiger charge is 2.28. The van der Waals surface area contributed by atoms with Gasteiger partial charge in [0.05, 0.1) is 21.9 Å². The number of fused-ring (bicyclic) bond motifs is 4. The summed E-state index contributed by atoms with van der Waals surface area (Å²) < 4.78 is 14.4. The molecule has 8 heteroatoms. The molecule has 0 spiro atoms. The second kappa shape index (κ2) is 10.4.